The summed E-state index contributed by atoms with van der Waals surface area (Å²) in [6.45, 7) is 7.44. The smallest absolute Gasteiger partial charge is 0.220 e. The minimum atomic E-state index is -0.0393. The molecule has 0 aromatic rings. The van der Waals surface area contributed by atoms with Gasteiger partial charge in [0.05, 0.1) is 19.8 Å². The number of aliphatic hydroxyl groups excluding tert-OH is 1. The summed E-state index contributed by atoms with van der Waals surface area (Å²) in [7, 11) is 0. The van der Waals surface area contributed by atoms with Gasteiger partial charge < -0.3 is 19.9 Å². The summed E-state index contributed by atoms with van der Waals surface area (Å²) in [5.74, 6) is 0.692. The van der Waals surface area contributed by atoms with Gasteiger partial charge in [0.1, 0.15) is 0 Å². The van der Waals surface area contributed by atoms with Crippen molar-refractivity contribution in [2.75, 3.05) is 39.6 Å². The van der Waals surface area contributed by atoms with E-state index in [0.29, 0.717) is 39.2 Å². The zero-order valence-corrected chi connectivity index (χ0v) is 12.3. The van der Waals surface area contributed by atoms with E-state index in [2.05, 4.69) is 19.2 Å². The highest BCUT2D eigenvalue weighted by Crippen LogP contribution is 2.02. The number of carbonyl (C=O) groups excluding carboxylic acids is 1. The Hall–Kier alpha value is -0.650. The Morgan fingerprint density at radius 3 is 2.42 bits per heavy atom. The molecule has 2 N–H and O–H groups in total. The number of hydrogen-bond donors (Lipinski definition) is 2. The first kappa shape index (κ1) is 18.4. The van der Waals surface area contributed by atoms with E-state index in [1.807, 2.05) is 0 Å². The van der Waals surface area contributed by atoms with Crippen LogP contribution >= 0.6 is 0 Å². The van der Waals surface area contributed by atoms with Crippen LogP contribution in [0.5, 0.6) is 0 Å². The summed E-state index contributed by atoms with van der Waals surface area (Å²) < 4.78 is 10.8. The fourth-order valence-corrected chi connectivity index (χ4v) is 1.51. The Balaban J connectivity index is 3.08. The molecular weight excluding hydrogens is 246 g/mol. The zero-order valence-electron chi connectivity index (χ0n) is 12.3. The second kappa shape index (κ2) is 13.8. The van der Waals surface area contributed by atoms with E-state index < -0.39 is 0 Å². The molecule has 0 aliphatic heterocycles. The van der Waals surface area contributed by atoms with Crippen LogP contribution in [0.4, 0.5) is 0 Å². The van der Waals surface area contributed by atoms with E-state index in [0.717, 1.165) is 18.9 Å². The second-order valence-electron chi connectivity index (χ2n) is 4.94. The van der Waals surface area contributed by atoms with Crippen LogP contribution in [-0.4, -0.2) is 50.6 Å². The highest BCUT2D eigenvalue weighted by atomic mass is 16.5. The monoisotopic (exact) mass is 275 g/mol. The molecule has 0 heterocycles. The maximum atomic E-state index is 11.2. The fraction of sp³-hybridized carbons (Fsp3) is 0.929. The molecule has 0 radical (unpaired) electrons. The number of amides is 1. The molecule has 114 valence electrons. The van der Waals surface area contributed by atoms with Crippen molar-refractivity contribution in [1.29, 1.82) is 0 Å². The third kappa shape index (κ3) is 15.3. The van der Waals surface area contributed by atoms with Crippen molar-refractivity contribution < 1.29 is 19.4 Å². The molecule has 5 heteroatoms. The number of nitrogens with one attached hydrogen (secondary N) is 1. The van der Waals surface area contributed by atoms with Gasteiger partial charge in [-0.2, -0.15) is 0 Å². The summed E-state index contributed by atoms with van der Waals surface area (Å²) in [4.78, 5) is 11.2. The van der Waals surface area contributed by atoms with Crippen molar-refractivity contribution in [1.82, 2.24) is 5.32 Å². The quantitative estimate of drug-likeness (QED) is 0.498. The van der Waals surface area contributed by atoms with Crippen molar-refractivity contribution in [2.24, 2.45) is 5.92 Å². The summed E-state index contributed by atoms with van der Waals surface area (Å²) in [5.41, 5.74) is 0. The molecule has 0 spiro atoms. The van der Waals surface area contributed by atoms with Gasteiger partial charge >= 0.3 is 0 Å². The van der Waals surface area contributed by atoms with Crippen LogP contribution in [0.1, 0.15) is 39.5 Å². The van der Waals surface area contributed by atoms with Gasteiger partial charge in [0.2, 0.25) is 5.91 Å². The lowest BCUT2D eigenvalue weighted by Crippen LogP contribution is -2.27. The number of carbonyl (C=O) groups is 1. The van der Waals surface area contributed by atoms with Gasteiger partial charge in [-0.1, -0.05) is 13.8 Å². The molecule has 0 saturated carbocycles. The summed E-state index contributed by atoms with van der Waals surface area (Å²) in [5, 5.41) is 11.3. The average Bonchev–Trinajstić information content (AvgIpc) is 2.38. The molecule has 0 atom stereocenters. The van der Waals surface area contributed by atoms with Gasteiger partial charge in [-0.05, 0) is 25.2 Å². The summed E-state index contributed by atoms with van der Waals surface area (Å²) in [6.07, 6.45) is 3.17. The molecule has 0 fully saturated rings. The lowest BCUT2D eigenvalue weighted by atomic mass is 10.1. The van der Waals surface area contributed by atoms with Gasteiger partial charge in [0, 0.05) is 26.2 Å². The normalized spacial score (nSPS) is 10.9. The molecule has 19 heavy (non-hydrogen) atoms. The van der Waals surface area contributed by atoms with Gasteiger partial charge in [-0.25, -0.2) is 0 Å². The maximum absolute atomic E-state index is 11.2. The van der Waals surface area contributed by atoms with E-state index in [-0.39, 0.29) is 12.5 Å². The standard InChI is InChI=1S/C14H29NO4/c1-13(2)5-4-9-18-11-12-19-10-7-15-14(17)6-3-8-16/h13,16H,3-12H2,1-2H3,(H,15,17). The molecule has 0 bridgehead atoms. The molecule has 0 rings (SSSR count). The molecule has 0 aromatic carbocycles. The fourth-order valence-electron chi connectivity index (χ4n) is 1.51. The lowest BCUT2D eigenvalue weighted by molar-refractivity contribution is -0.121. The zero-order chi connectivity index (χ0) is 14.3. The topological polar surface area (TPSA) is 67.8 Å². The Morgan fingerprint density at radius 2 is 1.79 bits per heavy atom. The number of hydrogen-bond acceptors (Lipinski definition) is 4. The molecule has 0 aliphatic rings. The van der Waals surface area contributed by atoms with E-state index in [9.17, 15) is 4.79 Å². The number of rotatable bonds is 13. The van der Waals surface area contributed by atoms with Gasteiger partial charge in [0.25, 0.3) is 0 Å². The summed E-state index contributed by atoms with van der Waals surface area (Å²) in [6, 6.07) is 0. The Labute approximate surface area is 116 Å². The predicted molar refractivity (Wildman–Crippen MR) is 75.0 cm³/mol. The predicted octanol–water partition coefficient (Wildman–Crippen LogP) is 1.34. The van der Waals surface area contributed by atoms with Crippen LogP contribution in [0.25, 0.3) is 0 Å². The highest BCUT2D eigenvalue weighted by Gasteiger charge is 1.99. The van der Waals surface area contributed by atoms with Gasteiger partial charge in [-0.15, -0.1) is 0 Å². The molecule has 0 saturated heterocycles. The Kier molecular flexibility index (Phi) is 13.3. The highest BCUT2D eigenvalue weighted by molar-refractivity contribution is 5.75. The SMILES string of the molecule is CC(C)CCCOCCOCCNC(=O)CCCO. The number of aliphatic hydroxyl groups is 1. The first-order valence-corrected chi connectivity index (χ1v) is 7.20. The maximum Gasteiger partial charge on any atom is 0.220 e. The third-order valence-electron chi connectivity index (χ3n) is 2.57. The van der Waals surface area contributed by atoms with Crippen molar-refractivity contribution in [3.8, 4) is 0 Å². The summed E-state index contributed by atoms with van der Waals surface area (Å²) >= 11 is 0. The van der Waals surface area contributed by atoms with Gasteiger partial charge in [-0.3, -0.25) is 4.79 Å². The van der Waals surface area contributed by atoms with E-state index in [1.165, 1.54) is 6.42 Å². The molecule has 0 aliphatic carbocycles. The van der Waals surface area contributed by atoms with Crippen LogP contribution in [-0.2, 0) is 14.3 Å². The minimum absolute atomic E-state index is 0.0393. The lowest BCUT2D eigenvalue weighted by Gasteiger charge is -2.08. The van der Waals surface area contributed by atoms with Crippen LogP contribution in [0.15, 0.2) is 0 Å². The van der Waals surface area contributed by atoms with E-state index >= 15 is 0 Å². The molecular formula is C14H29NO4. The van der Waals surface area contributed by atoms with Crippen molar-refractivity contribution in [3.63, 3.8) is 0 Å². The molecule has 5 nitrogen and oxygen atoms in total. The number of ether oxygens (including phenoxy) is 2. The molecule has 1 amide bonds. The van der Waals surface area contributed by atoms with Crippen LogP contribution in [0, 0.1) is 5.92 Å². The first-order chi connectivity index (χ1) is 9.16. The largest absolute Gasteiger partial charge is 0.396 e. The van der Waals surface area contributed by atoms with Crippen LogP contribution in [0.2, 0.25) is 0 Å². The van der Waals surface area contributed by atoms with Crippen molar-refractivity contribution >= 4 is 5.91 Å². The Morgan fingerprint density at radius 1 is 1.11 bits per heavy atom. The first-order valence-electron chi connectivity index (χ1n) is 7.20. The minimum Gasteiger partial charge on any atom is -0.396 e. The second-order valence-corrected chi connectivity index (χ2v) is 4.94. The van der Waals surface area contributed by atoms with Crippen LogP contribution < -0.4 is 5.32 Å². The van der Waals surface area contributed by atoms with Crippen molar-refractivity contribution in [3.05, 3.63) is 0 Å². The van der Waals surface area contributed by atoms with Gasteiger partial charge in [0.15, 0.2) is 0 Å². The molecule has 0 aromatic heterocycles. The average molecular weight is 275 g/mol. The third-order valence-corrected chi connectivity index (χ3v) is 2.57. The Bertz CT molecular complexity index is 210. The van der Waals surface area contributed by atoms with Crippen molar-refractivity contribution in [2.45, 2.75) is 39.5 Å². The van der Waals surface area contributed by atoms with Crippen LogP contribution in [0.3, 0.4) is 0 Å². The van der Waals surface area contributed by atoms with E-state index in [4.69, 9.17) is 14.6 Å². The molecule has 0 unspecified atom stereocenters. The van der Waals surface area contributed by atoms with E-state index in [1.54, 1.807) is 0 Å².